The highest BCUT2D eigenvalue weighted by atomic mass is 16.7. The highest BCUT2D eigenvalue weighted by Crippen LogP contribution is 2.13. The molecule has 0 amide bonds. The van der Waals surface area contributed by atoms with Crippen molar-refractivity contribution < 1.29 is 42.9 Å². The summed E-state index contributed by atoms with van der Waals surface area (Å²) in [5, 5.41) is 9.64. The summed E-state index contributed by atoms with van der Waals surface area (Å²) in [5.74, 6) is -2.04. The van der Waals surface area contributed by atoms with Gasteiger partial charge < -0.3 is 28.5 Å². The minimum atomic E-state index is -1.52. The van der Waals surface area contributed by atoms with E-state index in [1.807, 2.05) is 21.1 Å². The van der Waals surface area contributed by atoms with Crippen LogP contribution in [-0.4, -0.2) is 87.4 Å². The lowest BCUT2D eigenvalue weighted by atomic mass is 10.1. The maximum atomic E-state index is 12.8. The van der Waals surface area contributed by atoms with E-state index in [1.54, 1.807) is 0 Å². The van der Waals surface area contributed by atoms with E-state index in [2.05, 4.69) is 98.9 Å². The van der Waals surface area contributed by atoms with E-state index in [1.165, 1.54) is 32.1 Å². The predicted molar refractivity (Wildman–Crippen MR) is 258 cm³/mol. The maximum Gasteiger partial charge on any atom is 0.361 e. The Labute approximate surface area is 379 Å². The number of hydrogen-bond donors (Lipinski definition) is 1. The van der Waals surface area contributed by atoms with Crippen molar-refractivity contribution in [3.8, 4) is 0 Å². The molecule has 9 nitrogen and oxygen atoms in total. The molecule has 2 atom stereocenters. The molecule has 0 fully saturated rings. The number of rotatable bonds is 43. The Morgan fingerprint density at radius 2 is 0.919 bits per heavy atom. The summed E-state index contributed by atoms with van der Waals surface area (Å²) in [6, 6.07) is 0. The first-order valence-corrected chi connectivity index (χ1v) is 24.3. The van der Waals surface area contributed by atoms with Gasteiger partial charge in [-0.15, -0.1) is 0 Å². The van der Waals surface area contributed by atoms with Crippen LogP contribution < -0.4 is 0 Å². The monoisotopic (exact) mass is 869 g/mol. The number of carbonyl (C=O) groups is 3. The van der Waals surface area contributed by atoms with Gasteiger partial charge in [-0.3, -0.25) is 9.59 Å². The summed E-state index contributed by atoms with van der Waals surface area (Å²) in [4.78, 5) is 37.1. The van der Waals surface area contributed by atoms with Crippen molar-refractivity contribution in [2.45, 2.75) is 187 Å². The third-order valence-corrected chi connectivity index (χ3v) is 9.87. The molecule has 0 aliphatic heterocycles. The van der Waals surface area contributed by atoms with Crippen LogP contribution in [0.1, 0.15) is 174 Å². The van der Waals surface area contributed by atoms with Gasteiger partial charge in [-0.05, 0) is 83.5 Å². The molecule has 0 saturated heterocycles. The van der Waals surface area contributed by atoms with Crippen LogP contribution in [0.25, 0.3) is 0 Å². The number of aliphatic carboxylic acids is 1. The van der Waals surface area contributed by atoms with Gasteiger partial charge in [0.05, 0.1) is 34.4 Å². The summed E-state index contributed by atoms with van der Waals surface area (Å²) < 4.78 is 22.7. The number of carboxylic acids is 1. The Hall–Kier alpha value is -3.53. The van der Waals surface area contributed by atoms with E-state index in [0.29, 0.717) is 17.4 Å². The summed E-state index contributed by atoms with van der Waals surface area (Å²) in [6.45, 7) is 4.65. The topological polar surface area (TPSA) is 108 Å². The molecule has 0 aromatic carbocycles. The second kappa shape index (κ2) is 44.1. The van der Waals surface area contributed by atoms with Gasteiger partial charge in [0.25, 0.3) is 6.29 Å². The molecule has 0 aliphatic rings. The number of hydrogen-bond acceptors (Lipinski definition) is 7. The lowest BCUT2D eigenvalue weighted by Gasteiger charge is -2.25. The fourth-order valence-electron chi connectivity index (χ4n) is 6.13. The Morgan fingerprint density at radius 1 is 0.500 bits per heavy atom. The fourth-order valence-corrected chi connectivity index (χ4v) is 6.13. The van der Waals surface area contributed by atoms with Crippen LogP contribution in [0, 0.1) is 0 Å². The fraction of sp³-hybridized carbons (Fsp3) is 0.679. The van der Waals surface area contributed by atoms with Gasteiger partial charge in [0.15, 0.2) is 6.10 Å². The number of quaternary nitrogens is 1. The number of unbranched alkanes of at least 4 members (excludes halogenated alkanes) is 14. The number of esters is 2. The molecule has 0 heterocycles. The van der Waals surface area contributed by atoms with Crippen molar-refractivity contribution >= 4 is 17.9 Å². The van der Waals surface area contributed by atoms with Crippen molar-refractivity contribution in [1.82, 2.24) is 0 Å². The second-order valence-corrected chi connectivity index (χ2v) is 17.0. The van der Waals surface area contributed by atoms with Crippen molar-refractivity contribution in [1.29, 1.82) is 0 Å². The molecule has 62 heavy (non-hydrogen) atoms. The Kier molecular flexibility index (Phi) is 41.6. The van der Waals surface area contributed by atoms with Crippen LogP contribution in [0.4, 0.5) is 0 Å². The molecule has 0 aromatic rings. The van der Waals surface area contributed by atoms with Gasteiger partial charge in [0.1, 0.15) is 13.2 Å². The van der Waals surface area contributed by atoms with E-state index in [9.17, 15) is 19.5 Å². The first-order valence-electron chi connectivity index (χ1n) is 24.3. The molecule has 1 N–H and O–H groups in total. The molecule has 0 bridgehead atoms. The molecule has 0 aliphatic carbocycles. The van der Waals surface area contributed by atoms with Crippen LogP contribution in [0.5, 0.6) is 0 Å². The molecule has 0 spiro atoms. The highest BCUT2D eigenvalue weighted by molar-refractivity contribution is 5.71. The number of carboxylic acid groups (broad SMARTS) is 1. The number of likely N-dealkylation sites (N-methyl/N-ethyl adjacent to an activating group) is 1. The molecule has 0 saturated carbocycles. The second-order valence-electron chi connectivity index (χ2n) is 17.0. The highest BCUT2D eigenvalue weighted by Gasteiger charge is 2.25. The lowest BCUT2D eigenvalue weighted by molar-refractivity contribution is -0.870. The zero-order valence-corrected chi connectivity index (χ0v) is 40.0. The van der Waals surface area contributed by atoms with Crippen LogP contribution in [-0.2, 0) is 33.3 Å². The number of carbonyl (C=O) groups excluding carboxylic acids is 2. The zero-order chi connectivity index (χ0) is 45.6. The first kappa shape index (κ1) is 58.5. The average Bonchev–Trinajstić information content (AvgIpc) is 3.23. The van der Waals surface area contributed by atoms with Gasteiger partial charge in [0, 0.05) is 12.8 Å². The van der Waals surface area contributed by atoms with Gasteiger partial charge in [-0.25, -0.2) is 4.79 Å². The molecule has 354 valence electrons. The van der Waals surface area contributed by atoms with Crippen molar-refractivity contribution in [3.05, 3.63) is 85.1 Å². The minimum absolute atomic E-state index is 0.180. The maximum absolute atomic E-state index is 12.8. The standard InChI is InChI=1S/C53H89NO8/c1-6-8-10-12-14-16-18-19-20-21-22-23-24-25-26-27-28-29-30-31-32-33-34-36-38-40-42-44-51(56)62-49(48-61-53(52(57)58)59-46-45-54(3,4)5)47-60-50(55)43-41-39-37-35-17-15-13-11-9-7-2/h8,10-11,13-14,16,19-20,22-23,25-26,28-29,49,53H,6-7,9,12,15,17-18,21,24,27,30-48H2,1-5H3/p+1/b10-8-,13-11-,16-14-,20-19-,23-22-,26-25-,29-28-. The normalized spacial score (nSPS) is 13.6. The number of ether oxygens (including phenoxy) is 4. The van der Waals surface area contributed by atoms with Crippen molar-refractivity contribution in [2.24, 2.45) is 0 Å². The van der Waals surface area contributed by atoms with Crippen LogP contribution in [0.3, 0.4) is 0 Å². The minimum Gasteiger partial charge on any atom is -0.477 e. The molecule has 0 aromatic heterocycles. The molecular weight excluding hydrogens is 779 g/mol. The summed E-state index contributed by atoms with van der Waals surface area (Å²) in [7, 11) is 5.94. The first-order chi connectivity index (χ1) is 30.1. The van der Waals surface area contributed by atoms with Crippen LogP contribution in [0.15, 0.2) is 85.1 Å². The van der Waals surface area contributed by atoms with E-state index in [4.69, 9.17) is 18.9 Å². The molecule has 2 unspecified atom stereocenters. The third-order valence-electron chi connectivity index (χ3n) is 9.87. The van der Waals surface area contributed by atoms with E-state index in [0.717, 1.165) is 109 Å². The molecule has 0 rings (SSSR count). The van der Waals surface area contributed by atoms with Crippen molar-refractivity contribution in [2.75, 3.05) is 47.5 Å². The van der Waals surface area contributed by atoms with Crippen molar-refractivity contribution in [3.63, 3.8) is 0 Å². The van der Waals surface area contributed by atoms with Gasteiger partial charge >= 0.3 is 17.9 Å². The van der Waals surface area contributed by atoms with Gasteiger partial charge in [-0.1, -0.05) is 163 Å². The Balaban J connectivity index is 4.30. The zero-order valence-electron chi connectivity index (χ0n) is 40.0. The lowest BCUT2D eigenvalue weighted by Crippen LogP contribution is -2.40. The molecule has 9 heteroatoms. The predicted octanol–water partition coefficient (Wildman–Crippen LogP) is 13.3. The largest absolute Gasteiger partial charge is 0.477 e. The van der Waals surface area contributed by atoms with Crippen LogP contribution in [0.2, 0.25) is 0 Å². The number of nitrogens with zero attached hydrogens (tertiary/aromatic N) is 1. The SMILES string of the molecule is CC/C=C\C/C=C\C/C=C\C/C=C\C/C=C\C/C=C\CCCCCCCCCCC(=O)OC(COC(=O)CCCCCCC/C=C\CCC)COC(OCC[N+](C)(C)C)C(=O)O. The smallest absolute Gasteiger partial charge is 0.361 e. The van der Waals surface area contributed by atoms with Gasteiger partial charge in [0.2, 0.25) is 0 Å². The third kappa shape index (κ3) is 44.5. The Bertz CT molecular complexity index is 1290. The molecular formula is C53H90NO8+. The quantitative estimate of drug-likeness (QED) is 0.0212. The van der Waals surface area contributed by atoms with Gasteiger partial charge in [-0.2, -0.15) is 0 Å². The van der Waals surface area contributed by atoms with Crippen LogP contribution >= 0.6 is 0 Å². The van der Waals surface area contributed by atoms with E-state index < -0.39 is 24.3 Å². The number of allylic oxidation sites excluding steroid dienone is 14. The Morgan fingerprint density at radius 3 is 1.39 bits per heavy atom. The summed E-state index contributed by atoms with van der Waals surface area (Å²) in [5.41, 5.74) is 0. The average molecular weight is 869 g/mol. The summed E-state index contributed by atoms with van der Waals surface area (Å²) >= 11 is 0. The molecule has 0 radical (unpaired) electrons. The van der Waals surface area contributed by atoms with E-state index in [-0.39, 0.29) is 38.6 Å². The van der Waals surface area contributed by atoms with E-state index >= 15 is 0 Å². The summed E-state index contributed by atoms with van der Waals surface area (Å²) in [6.07, 6.45) is 53.7.